The fraction of sp³-hybridized carbons (Fsp3) is 0.333. The zero-order valence-corrected chi connectivity index (χ0v) is 14.9. The van der Waals surface area contributed by atoms with Crippen LogP contribution >= 0.6 is 0 Å². The normalized spacial score (nSPS) is 18.7. The summed E-state index contributed by atoms with van der Waals surface area (Å²) in [6.45, 7) is 2.72. The first kappa shape index (κ1) is 16.6. The molecule has 5 heteroatoms. The Hall–Kier alpha value is -2.82. The number of amides is 1. The minimum atomic E-state index is 0.0729. The summed E-state index contributed by atoms with van der Waals surface area (Å²) in [5.41, 5.74) is 3.33. The SMILES string of the molecule is Cc1nn(-c2ccccc2)cc1CCCNC(=O)[C@@H]1C[C@@H]1c1ccco1. The number of nitrogens with one attached hydrogen (secondary N) is 1. The van der Waals surface area contributed by atoms with Crippen LogP contribution in [-0.4, -0.2) is 22.2 Å². The largest absolute Gasteiger partial charge is 0.469 e. The van der Waals surface area contributed by atoms with Crippen molar-refractivity contribution in [2.45, 2.75) is 32.1 Å². The first-order valence-electron chi connectivity index (χ1n) is 9.14. The molecule has 1 aliphatic carbocycles. The van der Waals surface area contributed by atoms with Crippen LogP contribution in [0.4, 0.5) is 0 Å². The minimum absolute atomic E-state index is 0.0729. The van der Waals surface area contributed by atoms with Gasteiger partial charge in [-0.15, -0.1) is 0 Å². The Bertz CT molecular complexity index is 868. The van der Waals surface area contributed by atoms with Gasteiger partial charge in [-0.2, -0.15) is 5.10 Å². The second kappa shape index (κ2) is 7.20. The highest BCUT2D eigenvalue weighted by Gasteiger charge is 2.45. The fourth-order valence-electron chi connectivity index (χ4n) is 3.38. The topological polar surface area (TPSA) is 60.1 Å². The molecule has 2 aromatic heterocycles. The Morgan fingerprint density at radius 2 is 2.12 bits per heavy atom. The van der Waals surface area contributed by atoms with Gasteiger partial charge in [0.2, 0.25) is 5.91 Å². The van der Waals surface area contributed by atoms with Crippen LogP contribution in [0.15, 0.2) is 59.3 Å². The van der Waals surface area contributed by atoms with Crippen molar-refractivity contribution < 1.29 is 9.21 Å². The molecule has 4 rings (SSSR count). The van der Waals surface area contributed by atoms with Gasteiger partial charge in [-0.25, -0.2) is 4.68 Å². The van der Waals surface area contributed by atoms with Gasteiger partial charge in [0.25, 0.3) is 0 Å². The van der Waals surface area contributed by atoms with Gasteiger partial charge in [0.1, 0.15) is 5.76 Å². The number of aryl methyl sites for hydroxylation is 2. The monoisotopic (exact) mass is 349 g/mol. The Balaban J connectivity index is 1.24. The van der Waals surface area contributed by atoms with Crippen LogP contribution in [0.3, 0.4) is 0 Å². The van der Waals surface area contributed by atoms with Crippen molar-refractivity contribution in [2.24, 2.45) is 5.92 Å². The molecule has 0 radical (unpaired) electrons. The lowest BCUT2D eigenvalue weighted by atomic mass is 10.1. The molecule has 1 N–H and O–H groups in total. The highest BCUT2D eigenvalue weighted by Crippen LogP contribution is 2.47. The molecule has 1 amide bonds. The van der Waals surface area contributed by atoms with Crippen molar-refractivity contribution in [3.05, 3.63) is 71.9 Å². The molecule has 134 valence electrons. The Morgan fingerprint density at radius 1 is 1.27 bits per heavy atom. The molecular weight excluding hydrogens is 326 g/mol. The lowest BCUT2D eigenvalue weighted by molar-refractivity contribution is -0.122. The van der Waals surface area contributed by atoms with Crippen LogP contribution in [0.2, 0.25) is 0 Å². The molecule has 1 aromatic carbocycles. The highest BCUT2D eigenvalue weighted by molar-refractivity contribution is 5.82. The van der Waals surface area contributed by atoms with E-state index in [1.54, 1.807) is 6.26 Å². The fourth-order valence-corrected chi connectivity index (χ4v) is 3.38. The number of furan rings is 1. The van der Waals surface area contributed by atoms with Gasteiger partial charge < -0.3 is 9.73 Å². The molecule has 0 saturated heterocycles. The molecule has 1 saturated carbocycles. The summed E-state index contributed by atoms with van der Waals surface area (Å²) in [5.74, 6) is 1.40. The van der Waals surface area contributed by atoms with E-state index in [1.807, 2.05) is 54.1 Å². The molecule has 0 aliphatic heterocycles. The average Bonchev–Trinajstić information content (AvgIpc) is 3.10. The lowest BCUT2D eigenvalue weighted by Gasteiger charge is -2.04. The van der Waals surface area contributed by atoms with Crippen molar-refractivity contribution >= 4 is 5.91 Å². The van der Waals surface area contributed by atoms with Crippen LogP contribution in [0.5, 0.6) is 0 Å². The van der Waals surface area contributed by atoms with Crippen LogP contribution in [0, 0.1) is 12.8 Å². The summed E-state index contributed by atoms with van der Waals surface area (Å²) in [6, 6.07) is 13.9. The molecule has 5 nitrogen and oxygen atoms in total. The molecule has 1 aliphatic rings. The van der Waals surface area contributed by atoms with Crippen LogP contribution in [0.1, 0.15) is 35.8 Å². The van der Waals surface area contributed by atoms with E-state index in [4.69, 9.17) is 4.42 Å². The van der Waals surface area contributed by atoms with E-state index in [9.17, 15) is 4.79 Å². The average molecular weight is 349 g/mol. The molecule has 0 spiro atoms. The highest BCUT2D eigenvalue weighted by atomic mass is 16.3. The van der Waals surface area contributed by atoms with Crippen molar-refractivity contribution in [3.63, 3.8) is 0 Å². The Morgan fingerprint density at radius 3 is 2.88 bits per heavy atom. The second-order valence-electron chi connectivity index (χ2n) is 6.88. The molecule has 0 bridgehead atoms. The molecule has 3 aromatic rings. The molecule has 2 atom stereocenters. The maximum atomic E-state index is 12.2. The van der Waals surface area contributed by atoms with E-state index in [1.165, 1.54) is 5.56 Å². The number of carbonyl (C=O) groups is 1. The van der Waals surface area contributed by atoms with E-state index in [2.05, 4.69) is 16.6 Å². The van der Waals surface area contributed by atoms with Gasteiger partial charge in [0.15, 0.2) is 0 Å². The van der Waals surface area contributed by atoms with Gasteiger partial charge in [-0.05, 0) is 56.0 Å². The van der Waals surface area contributed by atoms with Crippen molar-refractivity contribution in [1.29, 1.82) is 0 Å². The molecule has 0 unspecified atom stereocenters. The molecule has 26 heavy (non-hydrogen) atoms. The number of nitrogens with zero attached hydrogens (tertiary/aromatic N) is 2. The second-order valence-corrected chi connectivity index (χ2v) is 6.88. The van der Waals surface area contributed by atoms with Crippen LogP contribution in [0.25, 0.3) is 5.69 Å². The first-order chi connectivity index (χ1) is 12.7. The maximum absolute atomic E-state index is 12.2. The van der Waals surface area contributed by atoms with Gasteiger partial charge in [0, 0.05) is 24.6 Å². The lowest BCUT2D eigenvalue weighted by Crippen LogP contribution is -2.26. The summed E-state index contributed by atoms with van der Waals surface area (Å²) in [4.78, 5) is 12.2. The predicted octanol–water partition coefficient (Wildman–Crippen LogP) is 3.63. The number of hydrogen-bond donors (Lipinski definition) is 1. The standard InChI is InChI=1S/C21H23N3O2/c1-15-16(14-24(23-15)17-8-3-2-4-9-17)7-5-11-22-21(25)19-13-18(19)20-10-6-12-26-20/h2-4,6,8-10,12,14,18-19H,5,7,11,13H2,1H3,(H,22,25)/t18-,19+/m0/s1. The molecular formula is C21H23N3O2. The Labute approximate surface area is 153 Å². The van der Waals surface area contributed by atoms with E-state index in [-0.39, 0.29) is 17.7 Å². The van der Waals surface area contributed by atoms with Crippen LogP contribution in [-0.2, 0) is 11.2 Å². The smallest absolute Gasteiger partial charge is 0.223 e. The summed E-state index contributed by atoms with van der Waals surface area (Å²) >= 11 is 0. The predicted molar refractivity (Wildman–Crippen MR) is 99.2 cm³/mol. The number of benzene rings is 1. The Kier molecular flexibility index (Phi) is 4.61. The summed E-state index contributed by atoms with van der Waals surface area (Å²) in [5, 5.41) is 7.65. The minimum Gasteiger partial charge on any atom is -0.469 e. The summed E-state index contributed by atoms with van der Waals surface area (Å²) in [6.07, 6.45) is 6.46. The van der Waals surface area contributed by atoms with Crippen LogP contribution < -0.4 is 5.32 Å². The quantitative estimate of drug-likeness (QED) is 0.663. The van der Waals surface area contributed by atoms with E-state index in [0.29, 0.717) is 6.54 Å². The summed E-state index contributed by atoms with van der Waals surface area (Å²) in [7, 11) is 0. The van der Waals surface area contributed by atoms with E-state index >= 15 is 0 Å². The van der Waals surface area contributed by atoms with Gasteiger partial charge >= 0.3 is 0 Å². The van der Waals surface area contributed by atoms with Crippen molar-refractivity contribution in [2.75, 3.05) is 6.54 Å². The maximum Gasteiger partial charge on any atom is 0.223 e. The third-order valence-electron chi connectivity index (χ3n) is 4.98. The van der Waals surface area contributed by atoms with Gasteiger partial charge in [-0.3, -0.25) is 4.79 Å². The van der Waals surface area contributed by atoms with Gasteiger partial charge in [0.05, 0.1) is 17.6 Å². The molecule has 2 heterocycles. The van der Waals surface area contributed by atoms with Crippen molar-refractivity contribution in [1.82, 2.24) is 15.1 Å². The number of para-hydroxylation sites is 1. The first-order valence-corrected chi connectivity index (χ1v) is 9.14. The summed E-state index contributed by atoms with van der Waals surface area (Å²) < 4.78 is 7.30. The number of aromatic nitrogens is 2. The number of hydrogen-bond acceptors (Lipinski definition) is 3. The van der Waals surface area contributed by atoms with E-state index in [0.717, 1.165) is 36.4 Å². The third-order valence-corrected chi connectivity index (χ3v) is 4.98. The number of carbonyl (C=O) groups excluding carboxylic acids is 1. The zero-order chi connectivity index (χ0) is 17.9. The molecule has 1 fully saturated rings. The van der Waals surface area contributed by atoms with Crippen molar-refractivity contribution in [3.8, 4) is 5.69 Å². The number of rotatable bonds is 7. The zero-order valence-electron chi connectivity index (χ0n) is 14.9. The third kappa shape index (κ3) is 3.57. The van der Waals surface area contributed by atoms with E-state index < -0.39 is 0 Å². The van der Waals surface area contributed by atoms with Gasteiger partial charge in [-0.1, -0.05) is 18.2 Å².